The Bertz CT molecular complexity index is 777. The molecule has 0 bridgehead atoms. The zero-order chi connectivity index (χ0) is 19.5. The lowest BCUT2D eigenvalue weighted by Gasteiger charge is -2.05. The minimum Gasteiger partial charge on any atom is -0.463 e. The van der Waals surface area contributed by atoms with Gasteiger partial charge in [-0.05, 0) is 49.1 Å². The number of pyridine rings is 1. The van der Waals surface area contributed by atoms with Crippen LogP contribution in [0.1, 0.15) is 24.8 Å². The number of nitrogens with one attached hydrogen (secondary N) is 1. The normalized spacial score (nSPS) is 10.7. The fraction of sp³-hybridized carbons (Fsp3) is 0.263. The summed E-state index contributed by atoms with van der Waals surface area (Å²) in [5.41, 5.74) is 0.676. The molecule has 7 nitrogen and oxygen atoms in total. The van der Waals surface area contributed by atoms with Gasteiger partial charge in [-0.2, -0.15) is 0 Å². The molecular formula is C19H20FN3O4. The Morgan fingerprint density at radius 1 is 1.19 bits per heavy atom. The van der Waals surface area contributed by atoms with Gasteiger partial charge in [-0.1, -0.05) is 12.1 Å². The SMILES string of the molecule is O=C(/C=C/c1ccc(F)cc1)OCCCCCNc1ccc([N+](=O)[O-])cn1. The third-order valence-corrected chi connectivity index (χ3v) is 3.61. The number of ether oxygens (including phenoxy) is 1. The van der Waals surface area contributed by atoms with Gasteiger partial charge in [0.25, 0.3) is 5.69 Å². The number of unbranched alkanes of at least 4 members (excludes halogenated alkanes) is 2. The van der Waals surface area contributed by atoms with Crippen LogP contribution in [-0.4, -0.2) is 29.0 Å². The van der Waals surface area contributed by atoms with E-state index >= 15 is 0 Å². The average Bonchev–Trinajstić information content (AvgIpc) is 2.67. The summed E-state index contributed by atoms with van der Waals surface area (Å²) in [6.45, 7) is 0.992. The second kappa shape index (κ2) is 10.6. The Morgan fingerprint density at radius 2 is 1.96 bits per heavy atom. The first-order chi connectivity index (χ1) is 13.0. The highest BCUT2D eigenvalue weighted by molar-refractivity contribution is 5.86. The summed E-state index contributed by atoms with van der Waals surface area (Å²) in [6, 6.07) is 8.76. The first kappa shape index (κ1) is 20.0. The van der Waals surface area contributed by atoms with Crippen molar-refractivity contribution in [2.75, 3.05) is 18.5 Å². The van der Waals surface area contributed by atoms with Gasteiger partial charge >= 0.3 is 5.97 Å². The summed E-state index contributed by atoms with van der Waals surface area (Å²) in [7, 11) is 0. The molecule has 0 atom stereocenters. The standard InChI is InChI=1S/C19H20FN3O4/c20-16-7-4-15(5-8-16)6-11-19(24)27-13-3-1-2-12-21-18-10-9-17(14-22-18)23(25)26/h4-11,14H,1-3,12-13H2,(H,21,22)/b11-6+. The number of hydrogen-bond donors (Lipinski definition) is 1. The van der Waals surface area contributed by atoms with Gasteiger partial charge in [0.05, 0.1) is 11.5 Å². The highest BCUT2D eigenvalue weighted by Crippen LogP contribution is 2.12. The number of anilines is 1. The number of aromatic nitrogens is 1. The quantitative estimate of drug-likeness (QED) is 0.223. The molecule has 1 aromatic heterocycles. The molecule has 0 aliphatic rings. The molecule has 0 fully saturated rings. The van der Waals surface area contributed by atoms with Crippen LogP contribution in [0.2, 0.25) is 0 Å². The molecule has 0 saturated carbocycles. The van der Waals surface area contributed by atoms with E-state index in [1.54, 1.807) is 24.3 Å². The summed E-state index contributed by atoms with van der Waals surface area (Å²) in [6.07, 6.45) is 6.53. The van der Waals surface area contributed by atoms with Crippen LogP contribution in [0.4, 0.5) is 15.9 Å². The molecule has 0 radical (unpaired) electrons. The van der Waals surface area contributed by atoms with Gasteiger partial charge < -0.3 is 10.1 Å². The zero-order valence-electron chi connectivity index (χ0n) is 14.6. The number of hydrogen-bond acceptors (Lipinski definition) is 6. The summed E-state index contributed by atoms with van der Waals surface area (Å²) in [4.78, 5) is 25.6. The molecule has 0 amide bonds. The molecule has 142 valence electrons. The van der Waals surface area contributed by atoms with E-state index in [4.69, 9.17) is 4.74 Å². The lowest BCUT2D eigenvalue weighted by molar-refractivity contribution is -0.385. The third kappa shape index (κ3) is 7.64. The summed E-state index contributed by atoms with van der Waals surface area (Å²) < 4.78 is 17.9. The number of nitro groups is 1. The monoisotopic (exact) mass is 373 g/mol. The minimum absolute atomic E-state index is 0.0455. The number of carbonyl (C=O) groups is 1. The molecule has 1 N–H and O–H groups in total. The maximum Gasteiger partial charge on any atom is 0.330 e. The average molecular weight is 373 g/mol. The Balaban J connectivity index is 1.54. The molecule has 2 aromatic rings. The van der Waals surface area contributed by atoms with Gasteiger partial charge in [0.1, 0.15) is 17.8 Å². The Kier molecular flexibility index (Phi) is 7.90. The fourth-order valence-corrected chi connectivity index (χ4v) is 2.18. The summed E-state index contributed by atoms with van der Waals surface area (Å²) in [5, 5.41) is 13.6. The lowest BCUT2D eigenvalue weighted by atomic mass is 10.2. The predicted octanol–water partition coefficient (Wildman–Crippen LogP) is 3.97. The van der Waals surface area contributed by atoms with E-state index in [0.717, 1.165) is 24.8 Å². The van der Waals surface area contributed by atoms with Crippen molar-refractivity contribution in [2.45, 2.75) is 19.3 Å². The summed E-state index contributed by atoms with van der Waals surface area (Å²) >= 11 is 0. The third-order valence-electron chi connectivity index (χ3n) is 3.61. The molecule has 1 aromatic carbocycles. The van der Waals surface area contributed by atoms with E-state index in [1.165, 1.54) is 30.5 Å². The molecule has 0 aliphatic heterocycles. The van der Waals surface area contributed by atoms with E-state index < -0.39 is 10.9 Å². The van der Waals surface area contributed by atoms with Crippen LogP contribution in [-0.2, 0) is 9.53 Å². The number of carbonyl (C=O) groups excluding carboxylic acids is 1. The second-order valence-corrected chi connectivity index (χ2v) is 5.70. The molecule has 0 spiro atoms. The van der Waals surface area contributed by atoms with Crippen molar-refractivity contribution >= 4 is 23.6 Å². The predicted molar refractivity (Wildman–Crippen MR) is 99.6 cm³/mol. The second-order valence-electron chi connectivity index (χ2n) is 5.70. The van der Waals surface area contributed by atoms with Crippen molar-refractivity contribution in [3.63, 3.8) is 0 Å². The topological polar surface area (TPSA) is 94.4 Å². The smallest absolute Gasteiger partial charge is 0.330 e. The van der Waals surface area contributed by atoms with Crippen LogP contribution in [0.25, 0.3) is 6.08 Å². The number of esters is 1. The first-order valence-corrected chi connectivity index (χ1v) is 8.49. The molecule has 0 aliphatic carbocycles. The molecule has 0 saturated heterocycles. The van der Waals surface area contributed by atoms with Gasteiger partial charge in [0.15, 0.2) is 0 Å². The van der Waals surface area contributed by atoms with Gasteiger partial charge in [-0.3, -0.25) is 10.1 Å². The Morgan fingerprint density at radius 3 is 2.63 bits per heavy atom. The Hall–Kier alpha value is -3.29. The maximum atomic E-state index is 12.8. The minimum atomic E-state index is -0.493. The summed E-state index contributed by atoms with van der Waals surface area (Å²) in [5.74, 6) is -0.181. The number of benzene rings is 1. The van der Waals surface area contributed by atoms with E-state index in [2.05, 4.69) is 10.3 Å². The van der Waals surface area contributed by atoms with Crippen molar-refractivity contribution in [2.24, 2.45) is 0 Å². The maximum absolute atomic E-state index is 12.8. The van der Waals surface area contributed by atoms with Crippen LogP contribution in [0.15, 0.2) is 48.7 Å². The zero-order valence-corrected chi connectivity index (χ0v) is 14.6. The van der Waals surface area contributed by atoms with Crippen LogP contribution in [0.3, 0.4) is 0 Å². The van der Waals surface area contributed by atoms with Crippen LogP contribution in [0, 0.1) is 15.9 Å². The number of nitrogens with zero attached hydrogens (tertiary/aromatic N) is 2. The van der Waals surface area contributed by atoms with Gasteiger partial charge in [-0.15, -0.1) is 0 Å². The molecule has 8 heteroatoms. The van der Waals surface area contributed by atoms with Crippen molar-refractivity contribution in [1.29, 1.82) is 0 Å². The highest BCUT2D eigenvalue weighted by Gasteiger charge is 2.04. The van der Waals surface area contributed by atoms with Crippen molar-refractivity contribution < 1.29 is 18.8 Å². The molecule has 1 heterocycles. The van der Waals surface area contributed by atoms with E-state index in [1.807, 2.05) is 0 Å². The lowest BCUT2D eigenvalue weighted by Crippen LogP contribution is -2.05. The van der Waals surface area contributed by atoms with Crippen LogP contribution >= 0.6 is 0 Å². The van der Waals surface area contributed by atoms with Crippen molar-refractivity contribution in [3.8, 4) is 0 Å². The molecule has 27 heavy (non-hydrogen) atoms. The largest absolute Gasteiger partial charge is 0.463 e. The fourth-order valence-electron chi connectivity index (χ4n) is 2.18. The number of rotatable bonds is 10. The first-order valence-electron chi connectivity index (χ1n) is 8.49. The molecule has 2 rings (SSSR count). The van der Waals surface area contributed by atoms with Gasteiger partial charge in [0, 0.05) is 18.7 Å². The van der Waals surface area contributed by atoms with E-state index in [9.17, 15) is 19.3 Å². The van der Waals surface area contributed by atoms with Crippen LogP contribution < -0.4 is 5.32 Å². The van der Waals surface area contributed by atoms with Gasteiger partial charge in [-0.25, -0.2) is 14.2 Å². The van der Waals surface area contributed by atoms with Crippen LogP contribution in [0.5, 0.6) is 0 Å². The van der Waals surface area contributed by atoms with Crippen molar-refractivity contribution in [3.05, 3.63) is 70.2 Å². The highest BCUT2D eigenvalue weighted by atomic mass is 19.1. The van der Waals surface area contributed by atoms with Crippen molar-refractivity contribution in [1.82, 2.24) is 4.98 Å². The molecule has 0 unspecified atom stereocenters. The molecular weight excluding hydrogens is 353 g/mol. The van der Waals surface area contributed by atoms with E-state index in [-0.39, 0.29) is 11.5 Å². The number of halogens is 1. The van der Waals surface area contributed by atoms with Gasteiger partial charge in [0.2, 0.25) is 0 Å². The Labute approximate surface area is 156 Å². The van der Waals surface area contributed by atoms with E-state index in [0.29, 0.717) is 19.0 Å².